The Bertz CT molecular complexity index is 107. The first-order chi connectivity index (χ1) is 3.71. The molecule has 0 bridgehead atoms. The van der Waals surface area contributed by atoms with E-state index in [0.717, 1.165) is 12.8 Å². The maximum absolute atomic E-state index is 9.21. The maximum Gasteiger partial charge on any atom is 0.132 e. The molecular weight excluding hydrogens is 102 g/mol. The van der Waals surface area contributed by atoms with E-state index in [1.807, 2.05) is 6.08 Å². The molecule has 2 N–H and O–H groups in total. The fraction of sp³-hybridized carbons (Fsp3) is 0.667. The summed E-state index contributed by atoms with van der Waals surface area (Å²) in [5.41, 5.74) is -0.658. The van der Waals surface area contributed by atoms with Gasteiger partial charge in [0.1, 0.15) is 5.72 Å². The Morgan fingerprint density at radius 1 is 1.75 bits per heavy atom. The number of hydrogen-bond acceptors (Lipinski definition) is 2. The zero-order valence-corrected chi connectivity index (χ0v) is 5.02. The molecule has 0 fully saturated rings. The van der Waals surface area contributed by atoms with Gasteiger partial charge in [-0.25, -0.2) is 0 Å². The lowest BCUT2D eigenvalue weighted by atomic mass is 10.1. The minimum atomic E-state index is -0.658. The molecule has 1 aliphatic rings. The molecule has 2 nitrogen and oxygen atoms in total. The number of nitrogens with one attached hydrogen (secondary N) is 1. The van der Waals surface area contributed by atoms with Gasteiger partial charge in [-0.05, 0) is 26.0 Å². The molecule has 0 aromatic heterocycles. The van der Waals surface area contributed by atoms with Gasteiger partial charge in [0.2, 0.25) is 0 Å². The van der Waals surface area contributed by atoms with Crippen LogP contribution in [0.4, 0.5) is 0 Å². The van der Waals surface area contributed by atoms with Crippen molar-refractivity contribution < 1.29 is 5.11 Å². The summed E-state index contributed by atoms with van der Waals surface area (Å²) in [4.78, 5) is 0. The molecule has 1 heterocycles. The van der Waals surface area contributed by atoms with Crippen LogP contribution in [0, 0.1) is 0 Å². The van der Waals surface area contributed by atoms with E-state index in [4.69, 9.17) is 0 Å². The van der Waals surface area contributed by atoms with Crippen molar-refractivity contribution in [3.8, 4) is 0 Å². The summed E-state index contributed by atoms with van der Waals surface area (Å²) in [7, 11) is 0. The second kappa shape index (κ2) is 1.78. The molecule has 8 heavy (non-hydrogen) atoms. The third kappa shape index (κ3) is 1.23. The van der Waals surface area contributed by atoms with E-state index in [2.05, 4.69) is 5.32 Å². The average molecular weight is 113 g/mol. The molecule has 0 aliphatic carbocycles. The second-order valence-corrected chi connectivity index (χ2v) is 2.36. The van der Waals surface area contributed by atoms with Crippen LogP contribution in [-0.4, -0.2) is 10.8 Å². The van der Waals surface area contributed by atoms with Gasteiger partial charge in [0.05, 0.1) is 0 Å². The Hall–Kier alpha value is -0.500. The van der Waals surface area contributed by atoms with E-state index in [1.54, 1.807) is 13.1 Å². The van der Waals surface area contributed by atoms with E-state index < -0.39 is 5.72 Å². The van der Waals surface area contributed by atoms with Crippen molar-refractivity contribution in [2.45, 2.75) is 25.5 Å². The van der Waals surface area contributed by atoms with Crippen LogP contribution in [0.1, 0.15) is 19.8 Å². The van der Waals surface area contributed by atoms with Crippen LogP contribution >= 0.6 is 0 Å². The lowest BCUT2D eigenvalue weighted by molar-refractivity contribution is 0.0260. The minimum absolute atomic E-state index is 0.658. The molecule has 2 heteroatoms. The largest absolute Gasteiger partial charge is 0.371 e. The topological polar surface area (TPSA) is 32.3 Å². The zero-order chi connectivity index (χ0) is 6.04. The molecule has 0 saturated carbocycles. The molecule has 0 radical (unpaired) electrons. The lowest BCUT2D eigenvalue weighted by Crippen LogP contribution is -2.40. The Morgan fingerprint density at radius 3 is 2.75 bits per heavy atom. The van der Waals surface area contributed by atoms with Gasteiger partial charge < -0.3 is 10.4 Å². The first kappa shape index (κ1) is 5.63. The Labute approximate surface area is 49.2 Å². The molecule has 1 unspecified atom stereocenters. The van der Waals surface area contributed by atoms with Crippen molar-refractivity contribution >= 4 is 0 Å². The standard InChI is InChI=1S/C6H11NO/c1-6(8)4-2-3-5-7-6/h3,5,7-8H,2,4H2,1H3. The van der Waals surface area contributed by atoms with Gasteiger partial charge in [0, 0.05) is 0 Å². The highest BCUT2D eigenvalue weighted by molar-refractivity contribution is 4.91. The van der Waals surface area contributed by atoms with Gasteiger partial charge in [-0.15, -0.1) is 0 Å². The van der Waals surface area contributed by atoms with Gasteiger partial charge in [-0.1, -0.05) is 6.08 Å². The lowest BCUT2D eigenvalue weighted by Gasteiger charge is -2.25. The summed E-state index contributed by atoms with van der Waals surface area (Å²) < 4.78 is 0. The van der Waals surface area contributed by atoms with Crippen molar-refractivity contribution in [3.05, 3.63) is 12.3 Å². The maximum atomic E-state index is 9.21. The van der Waals surface area contributed by atoms with Crippen molar-refractivity contribution in [2.24, 2.45) is 0 Å². The van der Waals surface area contributed by atoms with Gasteiger partial charge in [-0.3, -0.25) is 0 Å². The normalized spacial score (nSPS) is 36.8. The summed E-state index contributed by atoms with van der Waals surface area (Å²) in [6.07, 6.45) is 5.59. The van der Waals surface area contributed by atoms with Crippen LogP contribution < -0.4 is 5.32 Å². The Balaban J connectivity index is 2.50. The van der Waals surface area contributed by atoms with E-state index >= 15 is 0 Å². The second-order valence-electron chi connectivity index (χ2n) is 2.36. The van der Waals surface area contributed by atoms with Gasteiger partial charge in [0.25, 0.3) is 0 Å². The van der Waals surface area contributed by atoms with Crippen molar-refractivity contribution in [1.82, 2.24) is 5.32 Å². The molecular formula is C6H11NO. The average Bonchev–Trinajstić information content (AvgIpc) is 1.65. The first-order valence-electron chi connectivity index (χ1n) is 2.86. The predicted molar refractivity (Wildman–Crippen MR) is 32.1 cm³/mol. The fourth-order valence-corrected chi connectivity index (χ4v) is 0.758. The van der Waals surface area contributed by atoms with Gasteiger partial charge >= 0.3 is 0 Å². The highest BCUT2D eigenvalue weighted by Gasteiger charge is 2.18. The predicted octanol–water partition coefficient (Wildman–Crippen LogP) is 0.592. The van der Waals surface area contributed by atoms with Crippen LogP contribution in [0.25, 0.3) is 0 Å². The van der Waals surface area contributed by atoms with Crippen LogP contribution in [-0.2, 0) is 0 Å². The van der Waals surface area contributed by atoms with Crippen molar-refractivity contribution in [1.29, 1.82) is 0 Å². The van der Waals surface area contributed by atoms with Crippen molar-refractivity contribution in [3.63, 3.8) is 0 Å². The molecule has 0 aromatic rings. The van der Waals surface area contributed by atoms with Crippen LogP contribution in [0.5, 0.6) is 0 Å². The molecule has 46 valence electrons. The van der Waals surface area contributed by atoms with Crippen LogP contribution in [0.15, 0.2) is 12.3 Å². The molecule has 0 spiro atoms. The molecule has 0 saturated heterocycles. The van der Waals surface area contributed by atoms with Crippen molar-refractivity contribution in [2.75, 3.05) is 0 Å². The van der Waals surface area contributed by atoms with Gasteiger partial charge in [-0.2, -0.15) is 0 Å². The molecule has 1 aliphatic heterocycles. The smallest absolute Gasteiger partial charge is 0.132 e. The van der Waals surface area contributed by atoms with E-state index in [9.17, 15) is 5.11 Å². The van der Waals surface area contributed by atoms with Gasteiger partial charge in [0.15, 0.2) is 0 Å². The van der Waals surface area contributed by atoms with E-state index in [-0.39, 0.29) is 0 Å². The minimum Gasteiger partial charge on any atom is -0.371 e. The van der Waals surface area contributed by atoms with E-state index in [0.29, 0.717) is 0 Å². The first-order valence-corrected chi connectivity index (χ1v) is 2.86. The summed E-state index contributed by atoms with van der Waals surface area (Å²) >= 11 is 0. The summed E-state index contributed by atoms with van der Waals surface area (Å²) in [6, 6.07) is 0. The highest BCUT2D eigenvalue weighted by Crippen LogP contribution is 2.11. The monoisotopic (exact) mass is 113 g/mol. The fourth-order valence-electron chi connectivity index (χ4n) is 0.758. The Kier molecular flexibility index (Phi) is 1.26. The number of allylic oxidation sites excluding steroid dienone is 1. The highest BCUT2D eigenvalue weighted by atomic mass is 16.3. The number of rotatable bonds is 0. The molecule has 0 aromatic carbocycles. The SMILES string of the molecule is CC1(O)CCC=CN1. The third-order valence-electron chi connectivity index (χ3n) is 1.31. The van der Waals surface area contributed by atoms with E-state index in [1.165, 1.54) is 0 Å². The summed E-state index contributed by atoms with van der Waals surface area (Å²) in [5, 5.41) is 12.0. The van der Waals surface area contributed by atoms with Crippen LogP contribution in [0.2, 0.25) is 0 Å². The quantitative estimate of drug-likeness (QED) is 0.482. The third-order valence-corrected chi connectivity index (χ3v) is 1.31. The zero-order valence-electron chi connectivity index (χ0n) is 5.02. The number of hydrogen-bond donors (Lipinski definition) is 2. The summed E-state index contributed by atoms with van der Waals surface area (Å²) in [6.45, 7) is 1.77. The molecule has 1 atom stereocenters. The Morgan fingerprint density at radius 2 is 2.50 bits per heavy atom. The number of aliphatic hydroxyl groups is 1. The molecule has 0 amide bonds. The molecule has 1 rings (SSSR count). The summed E-state index contributed by atoms with van der Waals surface area (Å²) in [5.74, 6) is 0. The van der Waals surface area contributed by atoms with Crippen LogP contribution in [0.3, 0.4) is 0 Å².